The summed E-state index contributed by atoms with van der Waals surface area (Å²) in [6.07, 6.45) is 2.90. The maximum absolute atomic E-state index is 11.6. The van der Waals surface area contributed by atoms with Gasteiger partial charge < -0.3 is 9.84 Å². The number of aryl methyl sites for hydroxylation is 2. The molecule has 0 amide bonds. The van der Waals surface area contributed by atoms with Crippen molar-refractivity contribution in [1.82, 2.24) is 0 Å². The standard InChI is InChI=1S/C20H23ClO3/c1-4-15(7-5-14-6-10-19(22)13(2)11-14)16-8-9-17(18(21)12-16)20(23)24-3/h6,8-12,15,22H,4-5,7H2,1-3H3. The van der Waals surface area contributed by atoms with Gasteiger partial charge in [-0.25, -0.2) is 4.79 Å². The maximum atomic E-state index is 11.6. The molecule has 0 saturated carbocycles. The molecule has 1 atom stereocenters. The molecular weight excluding hydrogens is 324 g/mol. The molecule has 0 aliphatic rings. The number of esters is 1. The zero-order valence-electron chi connectivity index (χ0n) is 14.3. The van der Waals surface area contributed by atoms with E-state index in [4.69, 9.17) is 16.3 Å². The fourth-order valence-corrected chi connectivity index (χ4v) is 3.15. The quantitative estimate of drug-likeness (QED) is 0.725. The lowest BCUT2D eigenvalue weighted by molar-refractivity contribution is 0.0601. The Labute approximate surface area is 148 Å². The average Bonchev–Trinajstić information content (AvgIpc) is 2.58. The van der Waals surface area contributed by atoms with Crippen molar-refractivity contribution in [3.63, 3.8) is 0 Å². The number of carbonyl (C=O) groups is 1. The molecule has 0 radical (unpaired) electrons. The van der Waals surface area contributed by atoms with E-state index in [-0.39, 0.29) is 0 Å². The zero-order chi connectivity index (χ0) is 17.7. The Bertz CT molecular complexity index is 725. The Hall–Kier alpha value is -2.00. The first-order valence-corrected chi connectivity index (χ1v) is 8.50. The molecule has 1 unspecified atom stereocenters. The number of rotatable bonds is 6. The second-order valence-corrected chi connectivity index (χ2v) is 6.40. The second-order valence-electron chi connectivity index (χ2n) is 6.00. The van der Waals surface area contributed by atoms with Crippen LogP contribution < -0.4 is 0 Å². The Morgan fingerprint density at radius 1 is 1.25 bits per heavy atom. The maximum Gasteiger partial charge on any atom is 0.339 e. The van der Waals surface area contributed by atoms with E-state index in [9.17, 15) is 9.90 Å². The molecule has 0 aromatic heterocycles. The van der Waals surface area contributed by atoms with Crippen LogP contribution in [0.15, 0.2) is 36.4 Å². The number of benzene rings is 2. The summed E-state index contributed by atoms with van der Waals surface area (Å²) in [4.78, 5) is 11.6. The predicted molar refractivity (Wildman–Crippen MR) is 97.0 cm³/mol. The Morgan fingerprint density at radius 3 is 2.58 bits per heavy atom. The van der Waals surface area contributed by atoms with Crippen LogP contribution in [0.2, 0.25) is 5.02 Å². The number of phenols is 1. The highest BCUT2D eigenvalue weighted by Crippen LogP contribution is 2.29. The number of hydrogen-bond donors (Lipinski definition) is 1. The fourth-order valence-electron chi connectivity index (χ4n) is 2.88. The smallest absolute Gasteiger partial charge is 0.339 e. The molecule has 2 aromatic carbocycles. The van der Waals surface area contributed by atoms with Crippen LogP contribution in [0.3, 0.4) is 0 Å². The Morgan fingerprint density at radius 2 is 2.00 bits per heavy atom. The first kappa shape index (κ1) is 18.3. The van der Waals surface area contributed by atoms with Crippen molar-refractivity contribution in [2.75, 3.05) is 7.11 Å². The van der Waals surface area contributed by atoms with Gasteiger partial charge in [0.25, 0.3) is 0 Å². The summed E-state index contributed by atoms with van der Waals surface area (Å²) in [5, 5.41) is 10.0. The van der Waals surface area contributed by atoms with Crippen LogP contribution in [-0.2, 0) is 11.2 Å². The summed E-state index contributed by atoms with van der Waals surface area (Å²) in [6.45, 7) is 4.05. The minimum Gasteiger partial charge on any atom is -0.508 e. The SMILES string of the molecule is CCC(CCc1ccc(O)c(C)c1)c1ccc(C(=O)OC)c(Cl)c1. The molecule has 0 aliphatic carbocycles. The second kappa shape index (κ2) is 8.20. The monoisotopic (exact) mass is 346 g/mol. The van der Waals surface area contributed by atoms with E-state index >= 15 is 0 Å². The average molecular weight is 347 g/mol. The number of aromatic hydroxyl groups is 1. The number of carbonyl (C=O) groups excluding carboxylic acids is 1. The van der Waals surface area contributed by atoms with Gasteiger partial charge in [-0.3, -0.25) is 0 Å². The van der Waals surface area contributed by atoms with E-state index in [0.29, 0.717) is 22.3 Å². The van der Waals surface area contributed by atoms with Crippen molar-refractivity contribution in [2.24, 2.45) is 0 Å². The van der Waals surface area contributed by atoms with Gasteiger partial charge in [-0.15, -0.1) is 0 Å². The molecule has 0 bridgehead atoms. The summed E-state index contributed by atoms with van der Waals surface area (Å²) in [6, 6.07) is 11.3. The van der Waals surface area contributed by atoms with Crippen molar-refractivity contribution in [2.45, 2.75) is 39.0 Å². The number of hydrogen-bond acceptors (Lipinski definition) is 3. The Balaban J connectivity index is 2.12. The van der Waals surface area contributed by atoms with Crippen LogP contribution in [0.5, 0.6) is 5.75 Å². The Kier molecular flexibility index (Phi) is 6.27. The molecule has 4 heteroatoms. The van der Waals surface area contributed by atoms with Gasteiger partial charge in [-0.05, 0) is 67.0 Å². The normalized spacial score (nSPS) is 12.0. The van der Waals surface area contributed by atoms with Crippen molar-refractivity contribution in [3.8, 4) is 5.75 Å². The van der Waals surface area contributed by atoms with Crippen molar-refractivity contribution in [1.29, 1.82) is 0 Å². The van der Waals surface area contributed by atoms with Gasteiger partial charge in [-0.2, -0.15) is 0 Å². The molecule has 0 aliphatic heterocycles. The first-order valence-electron chi connectivity index (χ1n) is 8.12. The molecule has 3 nitrogen and oxygen atoms in total. The van der Waals surface area contributed by atoms with Crippen LogP contribution in [-0.4, -0.2) is 18.2 Å². The lowest BCUT2D eigenvalue weighted by Crippen LogP contribution is -2.05. The number of ether oxygens (including phenoxy) is 1. The highest BCUT2D eigenvalue weighted by molar-refractivity contribution is 6.33. The van der Waals surface area contributed by atoms with E-state index in [1.165, 1.54) is 12.7 Å². The van der Waals surface area contributed by atoms with Gasteiger partial charge in [0.15, 0.2) is 0 Å². The lowest BCUT2D eigenvalue weighted by Gasteiger charge is -2.17. The van der Waals surface area contributed by atoms with E-state index in [1.807, 2.05) is 31.2 Å². The van der Waals surface area contributed by atoms with Crippen LogP contribution in [0.1, 0.15) is 52.7 Å². The summed E-state index contributed by atoms with van der Waals surface area (Å²) >= 11 is 6.23. The predicted octanol–water partition coefficient (Wildman–Crippen LogP) is 5.27. The number of phenolic OH excluding ortho intramolecular Hbond substituents is 1. The number of methoxy groups -OCH3 is 1. The molecule has 0 saturated heterocycles. The molecule has 128 valence electrons. The van der Waals surface area contributed by atoms with Crippen LogP contribution >= 0.6 is 11.6 Å². The first-order chi connectivity index (χ1) is 11.5. The summed E-state index contributed by atoms with van der Waals surface area (Å²) in [7, 11) is 1.35. The van der Waals surface area contributed by atoms with Crippen molar-refractivity contribution in [3.05, 3.63) is 63.7 Å². The van der Waals surface area contributed by atoms with E-state index < -0.39 is 5.97 Å². The zero-order valence-corrected chi connectivity index (χ0v) is 15.1. The number of halogens is 1. The molecule has 0 heterocycles. The third-order valence-corrected chi connectivity index (χ3v) is 4.72. The van der Waals surface area contributed by atoms with Gasteiger partial charge in [0.1, 0.15) is 5.75 Å². The van der Waals surface area contributed by atoms with Crippen molar-refractivity contribution >= 4 is 17.6 Å². The lowest BCUT2D eigenvalue weighted by atomic mass is 9.89. The van der Waals surface area contributed by atoms with E-state index in [0.717, 1.165) is 30.4 Å². The van der Waals surface area contributed by atoms with E-state index in [1.54, 1.807) is 12.1 Å². The minimum absolute atomic E-state index is 0.330. The topological polar surface area (TPSA) is 46.5 Å². The molecule has 24 heavy (non-hydrogen) atoms. The van der Waals surface area contributed by atoms with Gasteiger partial charge in [-0.1, -0.05) is 36.7 Å². The van der Waals surface area contributed by atoms with Crippen molar-refractivity contribution < 1.29 is 14.6 Å². The molecule has 2 aromatic rings. The van der Waals surface area contributed by atoms with Gasteiger partial charge >= 0.3 is 5.97 Å². The summed E-state index contributed by atoms with van der Waals surface area (Å²) in [5.41, 5.74) is 3.63. The fraction of sp³-hybridized carbons (Fsp3) is 0.350. The minimum atomic E-state index is -0.417. The van der Waals surface area contributed by atoms with Gasteiger partial charge in [0.05, 0.1) is 17.7 Å². The van der Waals surface area contributed by atoms with Crippen LogP contribution in [0, 0.1) is 6.92 Å². The van der Waals surface area contributed by atoms with Crippen LogP contribution in [0.25, 0.3) is 0 Å². The largest absolute Gasteiger partial charge is 0.508 e. The van der Waals surface area contributed by atoms with Gasteiger partial charge in [0.2, 0.25) is 0 Å². The van der Waals surface area contributed by atoms with Crippen LogP contribution in [0.4, 0.5) is 0 Å². The summed E-state index contributed by atoms with van der Waals surface area (Å²) < 4.78 is 4.73. The highest BCUT2D eigenvalue weighted by Gasteiger charge is 2.15. The molecule has 2 rings (SSSR count). The molecule has 0 spiro atoms. The third kappa shape index (κ3) is 4.30. The molecule has 0 fully saturated rings. The molecular formula is C20H23ClO3. The highest BCUT2D eigenvalue weighted by atomic mass is 35.5. The van der Waals surface area contributed by atoms with E-state index in [2.05, 4.69) is 6.92 Å². The van der Waals surface area contributed by atoms with Gasteiger partial charge in [0, 0.05) is 0 Å². The molecule has 1 N–H and O–H groups in total. The summed E-state index contributed by atoms with van der Waals surface area (Å²) in [5.74, 6) is 0.276. The third-order valence-electron chi connectivity index (χ3n) is 4.41.